The van der Waals surface area contributed by atoms with Crippen LogP contribution in [-0.2, 0) is 14.2 Å². The lowest BCUT2D eigenvalue weighted by Crippen LogP contribution is -2.56. The highest BCUT2D eigenvalue weighted by atomic mass is 16.5. The van der Waals surface area contributed by atoms with Crippen LogP contribution in [0.5, 0.6) is 0 Å². The van der Waals surface area contributed by atoms with Crippen molar-refractivity contribution in [3.63, 3.8) is 0 Å². The molecule has 0 saturated heterocycles. The highest BCUT2D eigenvalue weighted by molar-refractivity contribution is 6.41. The molecule has 0 spiro atoms. The number of rotatable bonds is 18. The van der Waals surface area contributed by atoms with Gasteiger partial charge in [0, 0.05) is 59.9 Å². The van der Waals surface area contributed by atoms with E-state index >= 15 is 0 Å². The van der Waals surface area contributed by atoms with E-state index < -0.39 is 11.6 Å². The first-order valence-corrected chi connectivity index (χ1v) is 21.5. The summed E-state index contributed by atoms with van der Waals surface area (Å²) in [5.74, 6) is -0.271. The van der Waals surface area contributed by atoms with Crippen LogP contribution in [-0.4, -0.2) is 96.4 Å². The summed E-state index contributed by atoms with van der Waals surface area (Å²) in [7, 11) is 1.55. The molecule has 4 amide bonds. The quantitative estimate of drug-likeness (QED) is 0.0402. The van der Waals surface area contributed by atoms with Gasteiger partial charge in [0.25, 0.3) is 23.6 Å². The topological polar surface area (TPSA) is 123 Å². The van der Waals surface area contributed by atoms with Gasteiger partial charge in [-0.2, -0.15) is 0 Å². The monoisotopic (exact) mass is 806 g/mol. The van der Waals surface area contributed by atoms with Crippen molar-refractivity contribution < 1.29 is 38.5 Å². The van der Waals surface area contributed by atoms with Crippen LogP contribution >= 0.6 is 0 Å². The molecule has 1 N–H and O–H groups in total. The molecule has 10 nitrogen and oxygen atoms in total. The molecule has 0 bridgehead atoms. The molecular formula is C49H62N2O8. The summed E-state index contributed by atoms with van der Waals surface area (Å²) in [6, 6.07) is 14.6. The Labute approximate surface area is 348 Å². The number of nitrogens with zero attached hydrogens (tertiary/aromatic N) is 2. The average molecular weight is 807 g/mol. The minimum Gasteiger partial charge on any atom is -0.394 e. The van der Waals surface area contributed by atoms with Gasteiger partial charge in [-0.25, -0.2) is 0 Å². The third kappa shape index (κ3) is 8.34. The number of hydrogen-bond acceptors (Lipinski definition) is 8. The van der Waals surface area contributed by atoms with Crippen molar-refractivity contribution >= 4 is 66.7 Å². The number of carbonyl (C=O) groups is 4. The predicted molar refractivity (Wildman–Crippen MR) is 235 cm³/mol. The number of hydrogen-bond donors (Lipinski definition) is 1. The third-order valence-electron chi connectivity index (χ3n) is 12.3. The largest absolute Gasteiger partial charge is 0.394 e. The maximum Gasteiger partial charge on any atom is 0.261 e. The molecule has 5 aromatic carbocycles. The van der Waals surface area contributed by atoms with E-state index in [2.05, 4.69) is 32.4 Å². The number of fused-ring (bicyclic) bond motifs is 2. The summed E-state index contributed by atoms with van der Waals surface area (Å²) < 4.78 is 16.9. The number of ether oxygens (including phenoxy) is 3. The van der Waals surface area contributed by atoms with E-state index in [9.17, 15) is 19.2 Å². The number of aliphatic hydroxyl groups excluding tert-OH is 1. The highest BCUT2D eigenvalue weighted by Gasteiger charge is 2.43. The van der Waals surface area contributed by atoms with Crippen LogP contribution in [0.15, 0.2) is 48.5 Å². The number of benzene rings is 5. The number of methoxy groups -OCH3 is 1. The second kappa shape index (κ2) is 18.4. The van der Waals surface area contributed by atoms with Crippen LogP contribution in [0.3, 0.4) is 0 Å². The van der Waals surface area contributed by atoms with Crippen molar-refractivity contribution in [1.29, 1.82) is 0 Å². The van der Waals surface area contributed by atoms with Crippen LogP contribution in [0.2, 0.25) is 0 Å². The maximum absolute atomic E-state index is 14.3. The number of aliphatic hydroxyl groups is 1. The Morgan fingerprint density at radius 2 is 1.17 bits per heavy atom. The zero-order valence-corrected chi connectivity index (χ0v) is 36.4. The van der Waals surface area contributed by atoms with Crippen molar-refractivity contribution in [3.05, 3.63) is 70.8 Å². The molecule has 59 heavy (non-hydrogen) atoms. The fourth-order valence-electron chi connectivity index (χ4n) is 9.10. The Morgan fingerprint density at radius 1 is 0.678 bits per heavy atom. The lowest BCUT2D eigenvalue weighted by atomic mass is 9.82. The lowest BCUT2D eigenvalue weighted by molar-refractivity contribution is -0.102. The molecule has 0 fully saturated rings. The molecule has 7 rings (SSSR count). The number of amides is 4. The van der Waals surface area contributed by atoms with Gasteiger partial charge in [0.2, 0.25) is 0 Å². The summed E-state index contributed by atoms with van der Waals surface area (Å²) in [6.07, 6.45) is 6.01. The van der Waals surface area contributed by atoms with Crippen molar-refractivity contribution in [2.24, 2.45) is 11.8 Å². The van der Waals surface area contributed by atoms with E-state index in [1.54, 1.807) is 7.11 Å². The van der Waals surface area contributed by atoms with E-state index in [1.165, 1.54) is 22.6 Å². The van der Waals surface area contributed by atoms with Crippen molar-refractivity contribution in [2.75, 3.05) is 40.1 Å². The SMILES string of the molecule is CCCCC(CC)COCCCN1C(=O)c2ccc3c4ccc5c6c(ccc(c7ccc(c2c37)C1=O)c64)C(=O)N(C(C)C(C)(C)OC(C)CC(C)C)C5=O.COCCO. The fraction of sp³-hybridized carbons (Fsp3) is 0.510. The lowest BCUT2D eigenvalue weighted by Gasteiger charge is -2.42. The van der Waals surface area contributed by atoms with Crippen molar-refractivity contribution in [3.8, 4) is 0 Å². The molecular weight excluding hydrogens is 745 g/mol. The van der Waals surface area contributed by atoms with E-state index in [4.69, 9.17) is 14.6 Å². The van der Waals surface area contributed by atoms with Gasteiger partial charge in [0.15, 0.2) is 0 Å². The first kappa shape index (κ1) is 44.1. The molecule has 2 aliphatic rings. The minimum atomic E-state index is -0.777. The van der Waals surface area contributed by atoms with Crippen molar-refractivity contribution in [1.82, 2.24) is 9.80 Å². The molecule has 0 aliphatic carbocycles. The average Bonchev–Trinajstić information content (AvgIpc) is 3.20. The van der Waals surface area contributed by atoms with E-state index in [0.717, 1.165) is 51.6 Å². The molecule has 316 valence electrons. The Bertz CT molecular complexity index is 2230. The van der Waals surface area contributed by atoms with Gasteiger partial charge in [0.05, 0.1) is 31.0 Å². The summed E-state index contributed by atoms with van der Waals surface area (Å²) in [5, 5.41) is 14.4. The molecule has 2 heterocycles. The molecule has 3 atom stereocenters. The van der Waals surface area contributed by atoms with Crippen LogP contribution in [0.1, 0.15) is 135 Å². The van der Waals surface area contributed by atoms with Gasteiger partial charge in [0.1, 0.15) is 0 Å². The van der Waals surface area contributed by atoms with E-state index in [0.29, 0.717) is 77.6 Å². The fourth-order valence-corrected chi connectivity index (χ4v) is 9.10. The third-order valence-corrected chi connectivity index (χ3v) is 12.3. The van der Waals surface area contributed by atoms with Crippen LogP contribution in [0.4, 0.5) is 0 Å². The van der Waals surface area contributed by atoms with Gasteiger partial charge in [-0.15, -0.1) is 0 Å². The van der Waals surface area contributed by atoms with Gasteiger partial charge in [-0.1, -0.05) is 71.2 Å². The Morgan fingerprint density at radius 3 is 1.58 bits per heavy atom. The molecule has 5 aromatic rings. The summed E-state index contributed by atoms with van der Waals surface area (Å²) in [6.45, 7) is 18.6. The van der Waals surface area contributed by atoms with Crippen LogP contribution in [0.25, 0.3) is 43.1 Å². The second-order valence-electron chi connectivity index (χ2n) is 17.3. The van der Waals surface area contributed by atoms with Gasteiger partial charge in [-0.05, 0) is 115 Å². The van der Waals surface area contributed by atoms with E-state index in [-0.39, 0.29) is 36.3 Å². The van der Waals surface area contributed by atoms with Crippen LogP contribution in [0, 0.1) is 11.8 Å². The standard InChI is InChI=1S/C46H54N2O6.C3H8O2/c1-9-11-13-29(10-2)25-53-23-12-22-47-42(49)34-18-14-30-32-16-20-36-41-37(21-17-33(39(32)41)31-15-19-35(43(47)50)40(34)38(30)31)45(52)48(44(36)51)28(6)46(7,8)54-27(5)24-26(3)4;1-5-3-2-4/h14-21,26-29H,9-13,22-25H2,1-8H3;4H,2-3H2,1H3. The Balaban J connectivity index is 0.00000110. The second-order valence-corrected chi connectivity index (χ2v) is 17.3. The molecule has 10 heteroatoms. The molecule has 0 aromatic heterocycles. The highest BCUT2D eigenvalue weighted by Crippen LogP contribution is 2.46. The minimum absolute atomic E-state index is 0.0350. The maximum atomic E-state index is 14.3. The van der Waals surface area contributed by atoms with Gasteiger partial charge >= 0.3 is 0 Å². The molecule has 3 unspecified atom stereocenters. The first-order valence-electron chi connectivity index (χ1n) is 21.5. The Hall–Kier alpha value is -4.48. The normalized spacial score (nSPS) is 15.9. The zero-order chi connectivity index (χ0) is 42.8. The predicted octanol–water partition coefficient (Wildman–Crippen LogP) is 9.80. The van der Waals surface area contributed by atoms with Crippen LogP contribution < -0.4 is 0 Å². The molecule has 2 aliphatic heterocycles. The smallest absolute Gasteiger partial charge is 0.261 e. The number of unbranched alkanes of at least 4 members (excludes halogenated alkanes) is 1. The Kier molecular flexibility index (Phi) is 13.8. The first-order chi connectivity index (χ1) is 28.2. The summed E-state index contributed by atoms with van der Waals surface area (Å²) in [4.78, 5) is 59.3. The zero-order valence-electron chi connectivity index (χ0n) is 36.4. The number of carbonyl (C=O) groups excluding carboxylic acids is 4. The van der Waals surface area contributed by atoms with Gasteiger partial charge < -0.3 is 19.3 Å². The molecule has 0 saturated carbocycles. The van der Waals surface area contributed by atoms with E-state index in [1.807, 2.05) is 76.2 Å². The summed E-state index contributed by atoms with van der Waals surface area (Å²) in [5.41, 5.74) is 1.20. The van der Waals surface area contributed by atoms with Crippen molar-refractivity contribution in [2.45, 2.75) is 112 Å². The number of imide groups is 2. The summed E-state index contributed by atoms with van der Waals surface area (Å²) >= 11 is 0. The van der Waals surface area contributed by atoms with Gasteiger partial charge in [-0.3, -0.25) is 29.0 Å². The molecule has 0 radical (unpaired) electrons.